The van der Waals surface area contributed by atoms with E-state index < -0.39 is 10.0 Å². The molecule has 1 saturated heterocycles. The topological polar surface area (TPSA) is 90.7 Å². The van der Waals surface area contributed by atoms with Crippen LogP contribution in [-0.4, -0.2) is 40.9 Å². The summed E-state index contributed by atoms with van der Waals surface area (Å²) in [6, 6.07) is 5.06. The fraction of sp³-hybridized carbons (Fsp3) is 0.571. The molecule has 3 N–H and O–H groups in total. The quantitative estimate of drug-likeness (QED) is 0.793. The molecule has 1 aromatic carbocycles. The van der Waals surface area contributed by atoms with Gasteiger partial charge in [0, 0.05) is 13.1 Å². The van der Waals surface area contributed by atoms with E-state index in [1.54, 1.807) is 12.1 Å². The van der Waals surface area contributed by atoms with E-state index in [1.165, 1.54) is 0 Å². The van der Waals surface area contributed by atoms with Crippen LogP contribution in [0.4, 0.5) is 0 Å². The maximum absolute atomic E-state index is 12.3. The lowest BCUT2D eigenvalue weighted by atomic mass is 10.1. The average Bonchev–Trinajstić information content (AvgIpc) is 2.53. The second-order valence-electron chi connectivity index (χ2n) is 4.91. The van der Waals surface area contributed by atoms with E-state index in [9.17, 15) is 8.42 Å². The third-order valence-corrected chi connectivity index (χ3v) is 4.90. The van der Waals surface area contributed by atoms with E-state index in [-0.39, 0.29) is 17.5 Å². The Hall–Kier alpha value is -0.990. The molecule has 1 heterocycles. The first-order valence-electron chi connectivity index (χ1n) is 7.07. The van der Waals surface area contributed by atoms with Gasteiger partial charge >= 0.3 is 0 Å². The predicted molar refractivity (Wildman–Crippen MR) is 79.5 cm³/mol. The molecule has 1 atom stereocenters. The van der Waals surface area contributed by atoms with Gasteiger partial charge in [0.15, 0.2) is 0 Å². The molecule has 0 radical (unpaired) electrons. The molecule has 1 unspecified atom stereocenters. The van der Waals surface area contributed by atoms with Gasteiger partial charge in [-0.05, 0) is 29.7 Å². The SMILES string of the molecule is CCc1ccc(S(=O)(=O)NCC2COCCO2)cc1CN. The van der Waals surface area contributed by atoms with Crippen LogP contribution in [0.3, 0.4) is 0 Å². The standard InChI is InChI=1S/C14H22N2O4S/c1-2-11-3-4-14(7-12(11)8-15)21(17,18)16-9-13-10-19-5-6-20-13/h3-4,7,13,16H,2,5-6,8-10,15H2,1H3. The van der Waals surface area contributed by atoms with Gasteiger partial charge in [-0.2, -0.15) is 0 Å². The van der Waals surface area contributed by atoms with Gasteiger partial charge in [-0.1, -0.05) is 13.0 Å². The van der Waals surface area contributed by atoms with Gasteiger partial charge in [-0.3, -0.25) is 0 Å². The average molecular weight is 314 g/mol. The van der Waals surface area contributed by atoms with E-state index >= 15 is 0 Å². The summed E-state index contributed by atoms with van der Waals surface area (Å²) in [6.07, 6.45) is 0.588. The molecule has 0 bridgehead atoms. The van der Waals surface area contributed by atoms with Gasteiger partial charge in [0.25, 0.3) is 0 Å². The Morgan fingerprint density at radius 1 is 1.33 bits per heavy atom. The highest BCUT2D eigenvalue weighted by Gasteiger charge is 2.20. The molecule has 0 amide bonds. The minimum Gasteiger partial charge on any atom is -0.376 e. The van der Waals surface area contributed by atoms with Crippen molar-refractivity contribution in [1.29, 1.82) is 0 Å². The molecule has 0 spiro atoms. The smallest absolute Gasteiger partial charge is 0.240 e. The number of nitrogens with one attached hydrogen (secondary N) is 1. The van der Waals surface area contributed by atoms with Gasteiger partial charge < -0.3 is 15.2 Å². The van der Waals surface area contributed by atoms with Gasteiger partial charge in [0.1, 0.15) is 0 Å². The Morgan fingerprint density at radius 3 is 2.76 bits per heavy atom. The zero-order valence-electron chi connectivity index (χ0n) is 12.2. The summed E-state index contributed by atoms with van der Waals surface area (Å²) < 4.78 is 37.8. The largest absolute Gasteiger partial charge is 0.376 e. The van der Waals surface area contributed by atoms with E-state index in [0.717, 1.165) is 17.5 Å². The number of nitrogens with two attached hydrogens (primary N) is 1. The second-order valence-corrected chi connectivity index (χ2v) is 6.67. The predicted octanol–water partition coefficient (Wildman–Crippen LogP) is 0.401. The van der Waals surface area contributed by atoms with Gasteiger partial charge in [-0.25, -0.2) is 13.1 Å². The highest BCUT2D eigenvalue weighted by molar-refractivity contribution is 7.89. The van der Waals surface area contributed by atoms with Crippen molar-refractivity contribution in [3.05, 3.63) is 29.3 Å². The van der Waals surface area contributed by atoms with Crippen molar-refractivity contribution in [2.45, 2.75) is 30.9 Å². The fourth-order valence-electron chi connectivity index (χ4n) is 2.24. The van der Waals surface area contributed by atoms with Gasteiger partial charge in [0.2, 0.25) is 10.0 Å². The Morgan fingerprint density at radius 2 is 2.14 bits per heavy atom. The van der Waals surface area contributed by atoms with Crippen LogP contribution in [-0.2, 0) is 32.5 Å². The van der Waals surface area contributed by atoms with Crippen molar-refractivity contribution >= 4 is 10.0 Å². The summed E-state index contributed by atoms with van der Waals surface area (Å²) in [4.78, 5) is 0.233. The molecule has 0 aromatic heterocycles. The minimum atomic E-state index is -3.56. The van der Waals surface area contributed by atoms with E-state index in [0.29, 0.717) is 26.4 Å². The molecule has 2 rings (SSSR count). The molecule has 0 aliphatic carbocycles. The van der Waals surface area contributed by atoms with E-state index in [1.807, 2.05) is 13.0 Å². The molecular formula is C14H22N2O4S. The Kier molecular flexibility index (Phi) is 5.72. The summed E-state index contributed by atoms with van der Waals surface area (Å²) in [5, 5.41) is 0. The van der Waals surface area contributed by atoms with Crippen LogP contribution >= 0.6 is 0 Å². The normalized spacial score (nSPS) is 19.6. The fourth-order valence-corrected chi connectivity index (χ4v) is 3.36. The molecule has 1 fully saturated rings. The Bertz CT molecular complexity index is 568. The molecule has 7 heteroatoms. The van der Waals surface area contributed by atoms with Crippen molar-refractivity contribution in [1.82, 2.24) is 4.72 Å². The number of aryl methyl sites for hydroxylation is 1. The van der Waals surface area contributed by atoms with Crippen LogP contribution in [0.15, 0.2) is 23.1 Å². The van der Waals surface area contributed by atoms with Crippen molar-refractivity contribution in [2.75, 3.05) is 26.4 Å². The number of rotatable bonds is 6. The summed E-state index contributed by atoms with van der Waals surface area (Å²) in [6.45, 7) is 4.01. The summed E-state index contributed by atoms with van der Waals surface area (Å²) in [5.74, 6) is 0. The third kappa shape index (κ3) is 4.24. The third-order valence-electron chi connectivity index (χ3n) is 3.47. The number of benzene rings is 1. The summed E-state index contributed by atoms with van der Waals surface area (Å²) in [5.41, 5.74) is 7.61. The van der Waals surface area contributed by atoms with E-state index in [2.05, 4.69) is 4.72 Å². The van der Waals surface area contributed by atoms with Gasteiger partial charge in [0.05, 0.1) is 30.8 Å². The lowest BCUT2D eigenvalue weighted by Gasteiger charge is -2.23. The second kappa shape index (κ2) is 7.33. The molecule has 0 saturated carbocycles. The molecule has 6 nitrogen and oxygen atoms in total. The highest BCUT2D eigenvalue weighted by atomic mass is 32.2. The first-order chi connectivity index (χ1) is 10.1. The van der Waals surface area contributed by atoms with E-state index in [4.69, 9.17) is 15.2 Å². The molecule has 1 aliphatic heterocycles. The summed E-state index contributed by atoms with van der Waals surface area (Å²) in [7, 11) is -3.56. The Balaban J connectivity index is 2.07. The molecule has 21 heavy (non-hydrogen) atoms. The van der Waals surface area contributed by atoms with Crippen molar-refractivity contribution in [2.24, 2.45) is 5.73 Å². The minimum absolute atomic E-state index is 0.204. The van der Waals surface area contributed by atoms with Gasteiger partial charge in [-0.15, -0.1) is 0 Å². The number of hydrogen-bond donors (Lipinski definition) is 2. The molecule has 1 aromatic rings. The van der Waals surface area contributed by atoms with Crippen LogP contribution in [0.2, 0.25) is 0 Å². The van der Waals surface area contributed by atoms with Crippen LogP contribution in [0.5, 0.6) is 0 Å². The monoisotopic (exact) mass is 314 g/mol. The number of ether oxygens (including phenoxy) is 2. The maximum atomic E-state index is 12.3. The lowest BCUT2D eigenvalue weighted by molar-refractivity contribution is -0.0846. The first kappa shape index (κ1) is 16.4. The number of hydrogen-bond acceptors (Lipinski definition) is 5. The molecular weight excluding hydrogens is 292 g/mol. The molecule has 1 aliphatic rings. The zero-order chi connectivity index (χ0) is 15.3. The number of sulfonamides is 1. The lowest BCUT2D eigenvalue weighted by Crippen LogP contribution is -2.39. The van der Waals surface area contributed by atoms with Crippen molar-refractivity contribution in [3.63, 3.8) is 0 Å². The van der Waals surface area contributed by atoms with Crippen molar-refractivity contribution < 1.29 is 17.9 Å². The first-order valence-corrected chi connectivity index (χ1v) is 8.56. The Labute approximate surface area is 125 Å². The maximum Gasteiger partial charge on any atom is 0.240 e. The summed E-state index contributed by atoms with van der Waals surface area (Å²) >= 11 is 0. The van der Waals surface area contributed by atoms with Crippen LogP contribution in [0.1, 0.15) is 18.1 Å². The highest BCUT2D eigenvalue weighted by Crippen LogP contribution is 2.16. The van der Waals surface area contributed by atoms with Crippen molar-refractivity contribution in [3.8, 4) is 0 Å². The zero-order valence-corrected chi connectivity index (χ0v) is 13.0. The molecule has 118 valence electrons. The van der Waals surface area contributed by atoms with Crippen LogP contribution in [0, 0.1) is 0 Å². The van der Waals surface area contributed by atoms with Crippen LogP contribution < -0.4 is 10.5 Å². The van der Waals surface area contributed by atoms with Crippen LogP contribution in [0.25, 0.3) is 0 Å².